The van der Waals surface area contributed by atoms with Gasteiger partial charge in [-0.15, -0.1) is 11.3 Å². The van der Waals surface area contributed by atoms with Crippen molar-refractivity contribution in [3.8, 4) is 10.6 Å². The van der Waals surface area contributed by atoms with Crippen LogP contribution in [0, 0.1) is 0 Å². The number of aromatic nitrogens is 3. The summed E-state index contributed by atoms with van der Waals surface area (Å²) in [6.45, 7) is 1.96. The fraction of sp³-hybridized carbons (Fsp3) is 0.312. The normalized spacial score (nSPS) is 17.9. The van der Waals surface area contributed by atoms with E-state index in [1.807, 2.05) is 12.3 Å². The second kappa shape index (κ2) is 6.21. The minimum atomic E-state index is -0.958. The van der Waals surface area contributed by atoms with Gasteiger partial charge < -0.3 is 20.7 Å². The Balaban J connectivity index is 1.78. The average molecular weight is 343 g/mol. The van der Waals surface area contributed by atoms with Crippen molar-refractivity contribution < 1.29 is 9.90 Å². The number of aromatic carboxylic acids is 1. The number of piperidine rings is 1. The lowest BCUT2D eigenvalue weighted by Crippen LogP contribution is -2.38. The number of hydrogen-bond acceptors (Lipinski definition) is 6. The Kier molecular flexibility index (Phi) is 3.91. The van der Waals surface area contributed by atoms with E-state index in [0.29, 0.717) is 11.0 Å². The van der Waals surface area contributed by atoms with E-state index < -0.39 is 5.97 Å². The van der Waals surface area contributed by atoms with E-state index in [0.717, 1.165) is 59.6 Å². The van der Waals surface area contributed by atoms with Crippen LogP contribution in [0.4, 0.5) is 5.69 Å². The first-order chi connectivity index (χ1) is 11.7. The summed E-state index contributed by atoms with van der Waals surface area (Å²) >= 11 is 1.16. The number of carboxylic acids is 1. The second-order valence-corrected chi connectivity index (χ2v) is 6.84. The summed E-state index contributed by atoms with van der Waals surface area (Å²) in [5.41, 5.74) is 2.60. The Morgan fingerprint density at radius 1 is 1.38 bits per heavy atom. The van der Waals surface area contributed by atoms with Crippen molar-refractivity contribution in [1.82, 2.24) is 20.3 Å². The van der Waals surface area contributed by atoms with Crippen molar-refractivity contribution in [2.45, 2.75) is 18.9 Å². The van der Waals surface area contributed by atoms with Crippen molar-refractivity contribution in [1.29, 1.82) is 0 Å². The number of H-pyrrole nitrogens is 1. The first kappa shape index (κ1) is 15.1. The lowest BCUT2D eigenvalue weighted by molar-refractivity contribution is 0.0702. The third kappa shape index (κ3) is 2.74. The quantitative estimate of drug-likeness (QED) is 0.580. The summed E-state index contributed by atoms with van der Waals surface area (Å²) in [7, 11) is 0. The third-order valence-corrected chi connectivity index (χ3v) is 5.20. The second-order valence-electron chi connectivity index (χ2n) is 5.81. The molecule has 4 heterocycles. The van der Waals surface area contributed by atoms with Gasteiger partial charge in [0.05, 0.1) is 17.4 Å². The lowest BCUT2D eigenvalue weighted by Gasteiger charge is -2.26. The van der Waals surface area contributed by atoms with E-state index in [4.69, 9.17) is 5.11 Å². The van der Waals surface area contributed by atoms with E-state index in [1.165, 1.54) is 6.20 Å². The molecule has 0 saturated carbocycles. The van der Waals surface area contributed by atoms with Crippen LogP contribution in [-0.4, -0.2) is 45.2 Å². The first-order valence-electron chi connectivity index (χ1n) is 7.85. The van der Waals surface area contributed by atoms with Crippen molar-refractivity contribution in [2.24, 2.45) is 0 Å². The molecule has 7 nitrogen and oxygen atoms in total. The smallest absolute Gasteiger partial charge is 0.347 e. The number of carbonyl (C=O) groups is 1. The van der Waals surface area contributed by atoms with Gasteiger partial charge in [0.1, 0.15) is 15.5 Å². The molecule has 0 amide bonds. The Morgan fingerprint density at radius 3 is 3.04 bits per heavy atom. The van der Waals surface area contributed by atoms with Crippen molar-refractivity contribution >= 4 is 34.0 Å². The topological polar surface area (TPSA) is 103 Å². The maximum Gasteiger partial charge on any atom is 0.347 e. The van der Waals surface area contributed by atoms with E-state index >= 15 is 0 Å². The van der Waals surface area contributed by atoms with E-state index in [2.05, 4.69) is 25.6 Å². The summed E-state index contributed by atoms with van der Waals surface area (Å²) in [6.07, 6.45) is 7.24. The molecule has 0 aromatic carbocycles. The molecule has 0 aliphatic carbocycles. The summed E-state index contributed by atoms with van der Waals surface area (Å²) in [4.78, 5) is 23.2. The number of hydrogen-bond donors (Lipinski definition) is 4. The number of anilines is 1. The van der Waals surface area contributed by atoms with Crippen LogP contribution in [0.25, 0.3) is 21.6 Å². The minimum Gasteiger partial charge on any atom is -0.477 e. The third-order valence-electron chi connectivity index (χ3n) is 4.18. The van der Waals surface area contributed by atoms with Crippen LogP contribution in [0.3, 0.4) is 0 Å². The van der Waals surface area contributed by atoms with Crippen LogP contribution in [0.1, 0.15) is 22.5 Å². The maximum absolute atomic E-state index is 11.1. The molecule has 0 radical (unpaired) electrons. The molecule has 1 saturated heterocycles. The van der Waals surface area contributed by atoms with Crippen LogP contribution >= 0.6 is 11.3 Å². The SMILES string of the molecule is O=C(O)c1cnc(-c2cnc3[nH]ccc3c2N[C@@H]2CCCNC2)s1. The number of fused-ring (bicyclic) bond motifs is 1. The zero-order chi connectivity index (χ0) is 16.5. The molecule has 4 rings (SSSR count). The molecule has 3 aromatic rings. The van der Waals surface area contributed by atoms with Gasteiger partial charge in [0.2, 0.25) is 0 Å². The van der Waals surface area contributed by atoms with Gasteiger partial charge >= 0.3 is 5.97 Å². The maximum atomic E-state index is 11.1. The summed E-state index contributed by atoms with van der Waals surface area (Å²) in [5.74, 6) is -0.958. The fourth-order valence-corrected chi connectivity index (χ4v) is 3.77. The zero-order valence-electron chi connectivity index (χ0n) is 12.9. The van der Waals surface area contributed by atoms with Crippen molar-refractivity contribution in [3.63, 3.8) is 0 Å². The average Bonchev–Trinajstić information content (AvgIpc) is 3.25. The zero-order valence-corrected chi connectivity index (χ0v) is 13.7. The molecule has 0 spiro atoms. The molecule has 1 aliphatic rings. The van der Waals surface area contributed by atoms with Gasteiger partial charge in [0, 0.05) is 30.4 Å². The highest BCUT2D eigenvalue weighted by Crippen LogP contribution is 2.36. The fourth-order valence-electron chi connectivity index (χ4n) is 3.00. The Labute approximate surface area is 142 Å². The number of rotatable bonds is 4. The van der Waals surface area contributed by atoms with Crippen molar-refractivity contribution in [3.05, 3.63) is 29.5 Å². The Bertz CT molecular complexity index is 882. The predicted octanol–water partition coefficient (Wildman–Crippen LogP) is 2.55. The van der Waals surface area contributed by atoms with E-state index in [9.17, 15) is 4.79 Å². The molecule has 4 N–H and O–H groups in total. The predicted molar refractivity (Wildman–Crippen MR) is 93.7 cm³/mol. The van der Waals surface area contributed by atoms with Crippen LogP contribution < -0.4 is 10.6 Å². The molecule has 0 unspecified atom stereocenters. The molecule has 24 heavy (non-hydrogen) atoms. The first-order valence-corrected chi connectivity index (χ1v) is 8.67. The standard InChI is InChI=1S/C16H17N5O2S/c22-16(23)12-8-20-15(24-12)11-7-19-14-10(3-5-18-14)13(11)21-9-2-1-4-17-6-9/h3,5,7-9,17H,1-2,4,6H2,(H,22,23)(H2,18,19,21)/t9-/m1/s1. The highest BCUT2D eigenvalue weighted by atomic mass is 32.1. The monoisotopic (exact) mass is 343 g/mol. The molecule has 0 bridgehead atoms. The van der Waals surface area contributed by atoms with E-state index in [-0.39, 0.29) is 4.88 Å². The summed E-state index contributed by atoms with van der Waals surface area (Å²) in [6, 6.07) is 2.31. The molecule has 1 atom stereocenters. The lowest BCUT2D eigenvalue weighted by atomic mass is 10.1. The van der Waals surface area contributed by atoms with Crippen LogP contribution in [-0.2, 0) is 0 Å². The molecule has 124 valence electrons. The molecular formula is C16H17N5O2S. The van der Waals surface area contributed by atoms with Gasteiger partial charge in [-0.05, 0) is 25.5 Å². The van der Waals surface area contributed by atoms with Crippen molar-refractivity contribution in [2.75, 3.05) is 18.4 Å². The Morgan fingerprint density at radius 2 is 2.29 bits per heavy atom. The minimum absolute atomic E-state index is 0.226. The van der Waals surface area contributed by atoms with Gasteiger partial charge in [0.25, 0.3) is 0 Å². The largest absolute Gasteiger partial charge is 0.477 e. The van der Waals surface area contributed by atoms with Gasteiger partial charge in [-0.3, -0.25) is 0 Å². The number of thiazole rings is 1. The summed E-state index contributed by atoms with van der Waals surface area (Å²) in [5, 5.41) is 17.8. The van der Waals surface area contributed by atoms with E-state index in [1.54, 1.807) is 6.20 Å². The van der Waals surface area contributed by atoms with Gasteiger partial charge in [-0.25, -0.2) is 14.8 Å². The number of pyridine rings is 1. The summed E-state index contributed by atoms with van der Waals surface area (Å²) < 4.78 is 0. The number of nitrogens with one attached hydrogen (secondary N) is 3. The van der Waals surface area contributed by atoms with Crippen LogP contribution in [0.2, 0.25) is 0 Å². The number of aromatic amines is 1. The van der Waals surface area contributed by atoms with Gasteiger partial charge in [-0.2, -0.15) is 0 Å². The molecular weight excluding hydrogens is 326 g/mol. The highest BCUT2D eigenvalue weighted by molar-refractivity contribution is 7.16. The highest BCUT2D eigenvalue weighted by Gasteiger charge is 2.20. The molecule has 8 heteroatoms. The molecule has 1 fully saturated rings. The van der Waals surface area contributed by atoms with Gasteiger partial charge in [0.15, 0.2) is 0 Å². The van der Waals surface area contributed by atoms with Gasteiger partial charge in [-0.1, -0.05) is 0 Å². The van der Waals surface area contributed by atoms with Crippen LogP contribution in [0.5, 0.6) is 0 Å². The number of carboxylic acid groups (broad SMARTS) is 1. The molecule has 3 aromatic heterocycles. The molecule has 1 aliphatic heterocycles. The van der Waals surface area contributed by atoms with Crippen LogP contribution in [0.15, 0.2) is 24.7 Å². The Hall–Kier alpha value is -2.45. The number of nitrogens with zero attached hydrogens (tertiary/aromatic N) is 2.